The quantitative estimate of drug-likeness (QED) is 0.636. The van der Waals surface area contributed by atoms with E-state index >= 15 is 0 Å². The molecule has 0 aromatic heterocycles. The molecule has 2 heterocycles. The van der Waals surface area contributed by atoms with E-state index in [-0.39, 0.29) is 18.4 Å². The summed E-state index contributed by atoms with van der Waals surface area (Å²) in [6.07, 6.45) is 0.400. The summed E-state index contributed by atoms with van der Waals surface area (Å²) in [6, 6.07) is 5.54. The number of nitrogens with two attached hydrogens (primary N) is 1. The maximum Gasteiger partial charge on any atom is 0.258 e. The van der Waals surface area contributed by atoms with E-state index in [1.165, 1.54) is 4.90 Å². The van der Waals surface area contributed by atoms with Crippen LogP contribution in [-0.4, -0.2) is 28.9 Å². The Morgan fingerprint density at radius 3 is 2.53 bits per heavy atom. The highest BCUT2D eigenvalue weighted by Crippen LogP contribution is 2.30. The fourth-order valence-electron chi connectivity index (χ4n) is 2.66. The number of imide groups is 1. The van der Waals surface area contributed by atoms with Crippen molar-refractivity contribution in [1.29, 1.82) is 0 Å². The standard InChI is InChI=1S/C14H16N2O3/c1-8-9(3-2-4-10(8)15)7-16-13(17)11-5-6-12(19-11)14(16)18/h2-4,11-12H,5-7,15H2,1H3. The fourth-order valence-corrected chi connectivity index (χ4v) is 2.66. The number of hydrogen-bond donors (Lipinski definition) is 1. The monoisotopic (exact) mass is 260 g/mol. The smallest absolute Gasteiger partial charge is 0.258 e. The normalized spacial score (nSPS) is 26.1. The summed E-state index contributed by atoms with van der Waals surface area (Å²) in [5.74, 6) is -0.443. The number of amides is 2. The van der Waals surface area contributed by atoms with Crippen LogP contribution in [0.1, 0.15) is 24.0 Å². The molecular weight excluding hydrogens is 244 g/mol. The fraction of sp³-hybridized carbons (Fsp3) is 0.429. The van der Waals surface area contributed by atoms with Crippen molar-refractivity contribution >= 4 is 17.5 Å². The number of morpholine rings is 1. The first-order valence-electron chi connectivity index (χ1n) is 6.42. The number of likely N-dealkylation sites (tertiary alicyclic amines) is 1. The topological polar surface area (TPSA) is 72.6 Å². The van der Waals surface area contributed by atoms with Gasteiger partial charge < -0.3 is 10.5 Å². The molecular formula is C14H16N2O3. The number of rotatable bonds is 2. The predicted octanol–water partition coefficient (Wildman–Crippen LogP) is 0.994. The van der Waals surface area contributed by atoms with E-state index in [4.69, 9.17) is 10.5 Å². The molecule has 0 radical (unpaired) electrons. The number of carbonyl (C=O) groups excluding carboxylic acids is 2. The number of nitrogens with zero attached hydrogens (tertiary/aromatic N) is 1. The average Bonchev–Trinajstić information content (AvgIpc) is 2.84. The molecule has 1 aromatic carbocycles. The largest absolute Gasteiger partial charge is 0.399 e. The van der Waals surface area contributed by atoms with Gasteiger partial charge in [-0.05, 0) is 37.0 Å². The molecule has 19 heavy (non-hydrogen) atoms. The van der Waals surface area contributed by atoms with Gasteiger partial charge in [0.1, 0.15) is 12.2 Å². The Labute approximate surface area is 111 Å². The highest BCUT2D eigenvalue weighted by Gasteiger charge is 2.46. The first-order chi connectivity index (χ1) is 9.08. The van der Waals surface area contributed by atoms with Gasteiger partial charge in [-0.1, -0.05) is 12.1 Å². The number of fused-ring (bicyclic) bond motifs is 2. The Hall–Kier alpha value is -1.88. The van der Waals surface area contributed by atoms with Crippen molar-refractivity contribution in [2.24, 2.45) is 0 Å². The lowest BCUT2D eigenvalue weighted by molar-refractivity contribution is -0.169. The Balaban J connectivity index is 1.88. The third kappa shape index (κ3) is 1.90. The van der Waals surface area contributed by atoms with Gasteiger partial charge in [0.15, 0.2) is 0 Å². The van der Waals surface area contributed by atoms with E-state index in [0.717, 1.165) is 11.1 Å². The third-order valence-corrected chi connectivity index (χ3v) is 3.92. The summed E-state index contributed by atoms with van der Waals surface area (Å²) in [4.78, 5) is 25.6. The van der Waals surface area contributed by atoms with Crippen molar-refractivity contribution in [3.63, 3.8) is 0 Å². The van der Waals surface area contributed by atoms with Crippen LogP contribution in [0.2, 0.25) is 0 Å². The van der Waals surface area contributed by atoms with Crippen molar-refractivity contribution in [3.8, 4) is 0 Å². The first-order valence-corrected chi connectivity index (χ1v) is 6.42. The lowest BCUT2D eigenvalue weighted by Crippen LogP contribution is -2.51. The predicted molar refractivity (Wildman–Crippen MR) is 69.0 cm³/mol. The number of hydrogen-bond acceptors (Lipinski definition) is 4. The zero-order chi connectivity index (χ0) is 13.6. The summed E-state index contributed by atoms with van der Waals surface area (Å²) >= 11 is 0. The number of benzene rings is 1. The molecule has 2 aliphatic heterocycles. The molecule has 100 valence electrons. The van der Waals surface area contributed by atoms with Crippen LogP contribution >= 0.6 is 0 Å². The Bertz CT molecular complexity index is 534. The van der Waals surface area contributed by atoms with Gasteiger partial charge in [0.05, 0.1) is 6.54 Å². The molecule has 2 aliphatic rings. The maximum atomic E-state index is 12.1. The Morgan fingerprint density at radius 2 is 1.89 bits per heavy atom. The van der Waals surface area contributed by atoms with Crippen molar-refractivity contribution in [3.05, 3.63) is 29.3 Å². The minimum Gasteiger partial charge on any atom is -0.399 e. The van der Waals surface area contributed by atoms with Crippen LogP contribution in [0.15, 0.2) is 18.2 Å². The van der Waals surface area contributed by atoms with Crippen molar-refractivity contribution < 1.29 is 14.3 Å². The van der Waals surface area contributed by atoms with Crippen LogP contribution in [0.3, 0.4) is 0 Å². The SMILES string of the molecule is Cc1c(N)cccc1CN1C(=O)C2CCC(O2)C1=O. The molecule has 5 heteroatoms. The zero-order valence-electron chi connectivity index (χ0n) is 10.8. The van der Waals surface area contributed by atoms with Gasteiger partial charge in [-0.2, -0.15) is 0 Å². The summed E-state index contributed by atoms with van der Waals surface area (Å²) in [5, 5.41) is 0. The third-order valence-electron chi connectivity index (χ3n) is 3.92. The van der Waals surface area contributed by atoms with Gasteiger partial charge >= 0.3 is 0 Å². The van der Waals surface area contributed by atoms with Gasteiger partial charge in [-0.25, -0.2) is 0 Å². The van der Waals surface area contributed by atoms with Gasteiger partial charge in [0.25, 0.3) is 11.8 Å². The van der Waals surface area contributed by atoms with Crippen LogP contribution in [0.25, 0.3) is 0 Å². The molecule has 3 rings (SSSR count). The van der Waals surface area contributed by atoms with Crippen molar-refractivity contribution in [2.75, 3.05) is 5.73 Å². The van der Waals surface area contributed by atoms with Gasteiger partial charge in [0, 0.05) is 5.69 Å². The van der Waals surface area contributed by atoms with Gasteiger partial charge in [-0.3, -0.25) is 14.5 Å². The van der Waals surface area contributed by atoms with Gasteiger partial charge in [0.2, 0.25) is 0 Å². The molecule has 1 aromatic rings. The molecule has 0 spiro atoms. The van der Waals surface area contributed by atoms with E-state index in [2.05, 4.69) is 0 Å². The summed E-state index contributed by atoms with van der Waals surface area (Å²) in [6.45, 7) is 2.18. The molecule has 0 aliphatic carbocycles. The van der Waals surface area contributed by atoms with Crippen LogP contribution < -0.4 is 5.73 Å². The molecule has 2 amide bonds. The number of carbonyl (C=O) groups is 2. The second-order valence-electron chi connectivity index (χ2n) is 5.08. The first kappa shape index (κ1) is 12.2. The van der Waals surface area contributed by atoms with E-state index in [0.29, 0.717) is 18.5 Å². The zero-order valence-corrected chi connectivity index (χ0v) is 10.8. The Morgan fingerprint density at radius 1 is 1.26 bits per heavy atom. The van der Waals surface area contributed by atoms with E-state index in [9.17, 15) is 9.59 Å². The second-order valence-corrected chi connectivity index (χ2v) is 5.08. The molecule has 2 fully saturated rings. The molecule has 5 nitrogen and oxygen atoms in total. The second kappa shape index (κ2) is 4.35. The molecule has 2 bridgehead atoms. The molecule has 2 N–H and O–H groups in total. The van der Waals surface area contributed by atoms with Crippen molar-refractivity contribution in [2.45, 2.75) is 38.5 Å². The van der Waals surface area contributed by atoms with E-state index < -0.39 is 12.2 Å². The van der Waals surface area contributed by atoms with Gasteiger partial charge in [-0.15, -0.1) is 0 Å². The minimum absolute atomic E-state index is 0.222. The molecule has 2 unspecified atom stereocenters. The van der Waals surface area contributed by atoms with Crippen LogP contribution in [0.5, 0.6) is 0 Å². The summed E-state index contributed by atoms with van der Waals surface area (Å²) < 4.78 is 5.38. The maximum absolute atomic E-state index is 12.1. The highest BCUT2D eigenvalue weighted by molar-refractivity contribution is 6.02. The number of anilines is 1. The summed E-state index contributed by atoms with van der Waals surface area (Å²) in [5.41, 5.74) is 8.35. The van der Waals surface area contributed by atoms with Crippen molar-refractivity contribution in [1.82, 2.24) is 4.90 Å². The number of ether oxygens (including phenoxy) is 1. The van der Waals surface area contributed by atoms with Crippen LogP contribution in [0.4, 0.5) is 5.69 Å². The van der Waals surface area contributed by atoms with Crippen LogP contribution in [-0.2, 0) is 20.9 Å². The highest BCUT2D eigenvalue weighted by atomic mass is 16.5. The van der Waals surface area contributed by atoms with Crippen LogP contribution in [0, 0.1) is 6.92 Å². The Kier molecular flexibility index (Phi) is 2.78. The lowest BCUT2D eigenvalue weighted by Gasteiger charge is -2.30. The van der Waals surface area contributed by atoms with E-state index in [1.54, 1.807) is 0 Å². The minimum atomic E-state index is -0.441. The molecule has 2 atom stereocenters. The average molecular weight is 260 g/mol. The molecule has 2 saturated heterocycles. The van der Waals surface area contributed by atoms with E-state index in [1.807, 2.05) is 25.1 Å². The summed E-state index contributed by atoms with van der Waals surface area (Å²) in [7, 11) is 0. The molecule has 0 saturated carbocycles. The lowest BCUT2D eigenvalue weighted by atomic mass is 10.1. The number of nitrogen functional groups attached to an aromatic ring is 1.